The van der Waals surface area contributed by atoms with Gasteiger partial charge in [-0.2, -0.15) is 5.26 Å². The van der Waals surface area contributed by atoms with Crippen LogP contribution in [0.25, 0.3) is 21.1 Å². The molecule has 0 bridgehead atoms. The van der Waals surface area contributed by atoms with Crippen LogP contribution in [0.4, 0.5) is 14.6 Å². The fourth-order valence-electron chi connectivity index (χ4n) is 5.88. The molecular formula is C26H26F2N6S. The quantitative estimate of drug-likeness (QED) is 0.411. The van der Waals surface area contributed by atoms with Crippen LogP contribution in [0.5, 0.6) is 0 Å². The molecule has 9 heteroatoms. The highest BCUT2D eigenvalue weighted by Gasteiger charge is 2.44. The molecule has 1 spiro atoms. The van der Waals surface area contributed by atoms with Gasteiger partial charge in [-0.1, -0.05) is 6.07 Å². The molecule has 0 unspecified atom stereocenters. The Kier molecular flexibility index (Phi) is 5.46. The van der Waals surface area contributed by atoms with Crippen molar-refractivity contribution in [3.8, 4) is 6.07 Å². The maximum absolute atomic E-state index is 12.9. The Morgan fingerprint density at radius 3 is 2.86 bits per heavy atom. The van der Waals surface area contributed by atoms with Crippen molar-refractivity contribution >= 4 is 38.3 Å². The van der Waals surface area contributed by atoms with E-state index in [1.165, 1.54) is 22.5 Å². The Morgan fingerprint density at radius 1 is 1.17 bits per heavy atom. The minimum absolute atomic E-state index is 0.221. The monoisotopic (exact) mass is 492 g/mol. The molecule has 4 aromatic rings. The van der Waals surface area contributed by atoms with E-state index in [1.807, 2.05) is 12.1 Å². The van der Waals surface area contributed by atoms with E-state index in [2.05, 4.69) is 49.9 Å². The van der Waals surface area contributed by atoms with Gasteiger partial charge in [-0.3, -0.25) is 4.90 Å². The zero-order chi connectivity index (χ0) is 24.2. The second-order valence-corrected chi connectivity index (χ2v) is 11.1. The highest BCUT2D eigenvalue weighted by molar-refractivity contribution is 7.18. The van der Waals surface area contributed by atoms with E-state index in [1.54, 1.807) is 6.33 Å². The van der Waals surface area contributed by atoms with Crippen molar-refractivity contribution in [1.82, 2.24) is 19.9 Å². The summed E-state index contributed by atoms with van der Waals surface area (Å²) in [4.78, 5) is 18.4. The lowest BCUT2D eigenvalue weighted by Crippen LogP contribution is -2.31. The summed E-state index contributed by atoms with van der Waals surface area (Å²) in [6, 6.07) is 10.2. The number of aromatic amines is 1. The molecule has 2 aliphatic heterocycles. The van der Waals surface area contributed by atoms with Crippen molar-refractivity contribution in [2.75, 3.05) is 31.1 Å². The molecule has 2 aliphatic rings. The van der Waals surface area contributed by atoms with Gasteiger partial charge in [0.05, 0.1) is 5.39 Å². The number of thiophene rings is 1. The number of alkyl halides is 2. The SMILES string of the molecule is Cc1c(CN2CC[C@@]3(CCN(c4ncnc5sc(CC(F)F)cc45)C3)C2)ccc2[nH]c(C#N)cc12. The zero-order valence-corrected chi connectivity index (χ0v) is 20.3. The van der Waals surface area contributed by atoms with E-state index >= 15 is 0 Å². The molecule has 180 valence electrons. The third-order valence-corrected chi connectivity index (χ3v) is 8.73. The topological polar surface area (TPSA) is 71.8 Å². The van der Waals surface area contributed by atoms with Gasteiger partial charge in [-0.05, 0) is 55.6 Å². The standard InChI is InChI=1S/C26H26F2N6S/c1-16-17(2-3-22-20(16)8-18(11-29)32-22)12-33-6-4-26(13-33)5-7-34(14-26)24-21-9-19(10-23(27)28)35-25(21)31-15-30-24/h2-3,8-9,15,23,32H,4-7,10,12-14H2,1H3/t26-/m1/s1. The normalized spacial score (nSPS) is 20.7. The molecular weight excluding hydrogens is 466 g/mol. The summed E-state index contributed by atoms with van der Waals surface area (Å²) in [5.74, 6) is 0.879. The third-order valence-electron chi connectivity index (χ3n) is 7.67. The van der Waals surface area contributed by atoms with Crippen molar-refractivity contribution in [1.29, 1.82) is 5.26 Å². The summed E-state index contributed by atoms with van der Waals surface area (Å²) in [7, 11) is 0. The molecule has 1 aromatic carbocycles. The molecule has 2 fully saturated rings. The Labute approximate surface area is 206 Å². The summed E-state index contributed by atoms with van der Waals surface area (Å²) >= 11 is 1.34. The minimum Gasteiger partial charge on any atom is -0.355 e. The van der Waals surface area contributed by atoms with Crippen LogP contribution in [-0.2, 0) is 13.0 Å². The highest BCUT2D eigenvalue weighted by atomic mass is 32.1. The lowest BCUT2D eigenvalue weighted by Gasteiger charge is -2.25. The van der Waals surface area contributed by atoms with Gasteiger partial charge in [0.25, 0.3) is 0 Å². The molecule has 2 saturated heterocycles. The number of anilines is 1. The second kappa shape index (κ2) is 8.54. The maximum Gasteiger partial charge on any atom is 0.243 e. The summed E-state index contributed by atoms with van der Waals surface area (Å²) in [5, 5.41) is 11.2. The van der Waals surface area contributed by atoms with Crippen molar-refractivity contribution in [2.24, 2.45) is 5.41 Å². The van der Waals surface area contributed by atoms with Crippen molar-refractivity contribution in [3.05, 3.63) is 52.3 Å². The molecule has 5 heterocycles. The van der Waals surface area contributed by atoms with Gasteiger partial charge in [0, 0.05) is 53.8 Å². The van der Waals surface area contributed by atoms with E-state index in [0.717, 1.165) is 72.5 Å². The number of nitrogens with one attached hydrogen (secondary N) is 1. The van der Waals surface area contributed by atoms with E-state index in [-0.39, 0.29) is 11.8 Å². The lowest BCUT2D eigenvalue weighted by atomic mass is 9.86. The summed E-state index contributed by atoms with van der Waals surface area (Å²) in [6.07, 6.45) is 1.22. The Morgan fingerprint density at radius 2 is 2.03 bits per heavy atom. The molecule has 0 radical (unpaired) electrons. The fraction of sp³-hybridized carbons (Fsp3) is 0.423. The first-order chi connectivity index (χ1) is 16.9. The second-order valence-electron chi connectivity index (χ2n) is 9.96. The number of aromatic nitrogens is 3. The molecule has 6 nitrogen and oxygen atoms in total. The van der Waals surface area contributed by atoms with Gasteiger partial charge in [0.1, 0.15) is 28.7 Å². The molecule has 3 aromatic heterocycles. The summed E-state index contributed by atoms with van der Waals surface area (Å²) in [5.41, 5.74) is 4.36. The van der Waals surface area contributed by atoms with Gasteiger partial charge >= 0.3 is 0 Å². The maximum atomic E-state index is 12.9. The molecule has 35 heavy (non-hydrogen) atoms. The highest BCUT2D eigenvalue weighted by Crippen LogP contribution is 2.43. The van der Waals surface area contributed by atoms with Crippen molar-refractivity contribution < 1.29 is 8.78 Å². The number of nitriles is 1. The number of halogens is 2. The Bertz CT molecular complexity index is 1450. The lowest BCUT2D eigenvalue weighted by molar-refractivity contribution is 0.150. The molecule has 6 rings (SSSR count). The largest absolute Gasteiger partial charge is 0.355 e. The number of hydrogen-bond donors (Lipinski definition) is 1. The fourth-order valence-corrected chi connectivity index (χ4v) is 6.87. The number of H-pyrrole nitrogens is 1. The molecule has 0 amide bonds. The first-order valence-electron chi connectivity index (χ1n) is 11.9. The van der Waals surface area contributed by atoms with E-state index < -0.39 is 6.43 Å². The number of fused-ring (bicyclic) bond motifs is 2. The number of likely N-dealkylation sites (tertiary alicyclic amines) is 1. The van der Waals surface area contributed by atoms with Crippen LogP contribution in [0.1, 0.15) is 34.5 Å². The van der Waals surface area contributed by atoms with Gasteiger partial charge in [-0.15, -0.1) is 11.3 Å². The van der Waals surface area contributed by atoms with Crippen LogP contribution in [-0.4, -0.2) is 52.5 Å². The van der Waals surface area contributed by atoms with Crippen LogP contribution >= 0.6 is 11.3 Å². The van der Waals surface area contributed by atoms with Gasteiger partial charge in [-0.25, -0.2) is 18.7 Å². The summed E-state index contributed by atoms with van der Waals surface area (Å²) < 4.78 is 25.8. The average Bonchev–Trinajstić information content (AvgIpc) is 3.61. The van der Waals surface area contributed by atoms with Crippen LogP contribution in [0.15, 0.2) is 30.6 Å². The molecule has 0 saturated carbocycles. The molecule has 0 aliphatic carbocycles. The van der Waals surface area contributed by atoms with Crippen LogP contribution in [0.2, 0.25) is 0 Å². The third kappa shape index (κ3) is 4.05. The smallest absolute Gasteiger partial charge is 0.243 e. The van der Waals surface area contributed by atoms with Crippen molar-refractivity contribution in [3.63, 3.8) is 0 Å². The number of benzene rings is 1. The first-order valence-corrected chi connectivity index (χ1v) is 12.7. The van der Waals surface area contributed by atoms with Gasteiger partial charge in [0.15, 0.2) is 0 Å². The minimum atomic E-state index is -2.35. The van der Waals surface area contributed by atoms with Crippen molar-refractivity contribution in [2.45, 2.75) is 39.2 Å². The average molecular weight is 493 g/mol. The predicted octanol–water partition coefficient (Wildman–Crippen LogP) is 5.26. The number of hydrogen-bond acceptors (Lipinski definition) is 6. The van der Waals surface area contributed by atoms with E-state index in [9.17, 15) is 14.0 Å². The number of nitrogens with zero attached hydrogens (tertiary/aromatic N) is 5. The number of rotatable bonds is 5. The number of aryl methyl sites for hydroxylation is 1. The zero-order valence-electron chi connectivity index (χ0n) is 19.5. The Balaban J connectivity index is 1.18. The molecule has 1 atom stereocenters. The van der Waals surface area contributed by atoms with E-state index in [4.69, 9.17) is 0 Å². The molecule has 1 N–H and O–H groups in total. The van der Waals surface area contributed by atoms with Crippen LogP contribution in [0.3, 0.4) is 0 Å². The Hall–Kier alpha value is -3.09. The van der Waals surface area contributed by atoms with Gasteiger partial charge in [0.2, 0.25) is 6.43 Å². The first kappa shape index (κ1) is 22.4. The van der Waals surface area contributed by atoms with Crippen LogP contribution < -0.4 is 4.90 Å². The summed E-state index contributed by atoms with van der Waals surface area (Å²) in [6.45, 7) is 6.97. The predicted molar refractivity (Wildman–Crippen MR) is 134 cm³/mol. The van der Waals surface area contributed by atoms with Gasteiger partial charge < -0.3 is 9.88 Å². The van der Waals surface area contributed by atoms with E-state index in [0.29, 0.717) is 10.6 Å². The van der Waals surface area contributed by atoms with Crippen LogP contribution in [0, 0.1) is 23.7 Å².